The van der Waals surface area contributed by atoms with Crippen LogP contribution in [-0.4, -0.2) is 5.11 Å². The summed E-state index contributed by atoms with van der Waals surface area (Å²) in [5.41, 5.74) is 5.06. The van der Waals surface area contributed by atoms with Crippen LogP contribution in [0.15, 0.2) is 46.9 Å². The van der Waals surface area contributed by atoms with Crippen molar-refractivity contribution in [1.29, 1.82) is 0 Å². The van der Waals surface area contributed by atoms with Crippen molar-refractivity contribution in [1.82, 2.24) is 5.43 Å². The summed E-state index contributed by atoms with van der Waals surface area (Å²) in [5.74, 6) is -0.424. The molecule has 0 amide bonds. The van der Waals surface area contributed by atoms with Crippen LogP contribution in [0.25, 0.3) is 0 Å². The Bertz CT molecular complexity index is 618. The lowest BCUT2D eigenvalue weighted by atomic mass is 10.1. The average Bonchev–Trinajstić information content (AvgIpc) is 2.43. The number of para-hydroxylation sites is 1. The second-order valence-electron chi connectivity index (χ2n) is 4.26. The van der Waals surface area contributed by atoms with Crippen LogP contribution in [0.1, 0.15) is 11.1 Å². The second kappa shape index (κ2) is 6.36. The van der Waals surface area contributed by atoms with E-state index in [9.17, 15) is 18.3 Å². The summed E-state index contributed by atoms with van der Waals surface area (Å²) in [6.07, 6.45) is -4.53. The predicted octanol–water partition coefficient (Wildman–Crippen LogP) is 4.29. The van der Waals surface area contributed by atoms with Gasteiger partial charge >= 0.3 is 6.18 Å². The van der Waals surface area contributed by atoms with E-state index in [0.717, 1.165) is 6.07 Å². The number of benzene rings is 2. The van der Waals surface area contributed by atoms with Gasteiger partial charge in [0.2, 0.25) is 0 Å². The maximum Gasteiger partial charge on any atom is 0.416 e. The Morgan fingerprint density at radius 2 is 1.71 bits per heavy atom. The SMILES string of the molecule is Oc1c(Br)ccc(C(F)(F)F)c1CNNc1ccccc1. The van der Waals surface area contributed by atoms with E-state index in [1.54, 1.807) is 24.3 Å². The molecule has 0 atom stereocenters. The number of phenolic OH excluding ortho intramolecular Hbond substituents is 1. The van der Waals surface area contributed by atoms with Crippen molar-refractivity contribution in [2.24, 2.45) is 0 Å². The molecule has 0 heterocycles. The second-order valence-corrected chi connectivity index (χ2v) is 5.12. The highest BCUT2D eigenvalue weighted by molar-refractivity contribution is 9.10. The van der Waals surface area contributed by atoms with Gasteiger partial charge < -0.3 is 10.5 Å². The highest BCUT2D eigenvalue weighted by atomic mass is 79.9. The van der Waals surface area contributed by atoms with Crippen molar-refractivity contribution >= 4 is 21.6 Å². The molecule has 3 nitrogen and oxygen atoms in total. The topological polar surface area (TPSA) is 44.3 Å². The van der Waals surface area contributed by atoms with E-state index >= 15 is 0 Å². The highest BCUT2D eigenvalue weighted by Gasteiger charge is 2.34. The molecule has 0 aliphatic heterocycles. The van der Waals surface area contributed by atoms with Gasteiger partial charge in [0, 0.05) is 17.8 Å². The molecule has 2 aromatic carbocycles. The highest BCUT2D eigenvalue weighted by Crippen LogP contribution is 2.39. The van der Waals surface area contributed by atoms with Crippen molar-refractivity contribution in [3.8, 4) is 5.75 Å². The van der Waals surface area contributed by atoms with Crippen molar-refractivity contribution in [3.63, 3.8) is 0 Å². The number of aromatic hydroxyl groups is 1. The van der Waals surface area contributed by atoms with Crippen LogP contribution < -0.4 is 10.9 Å². The first-order chi connectivity index (χ1) is 9.89. The molecule has 112 valence electrons. The van der Waals surface area contributed by atoms with Crippen molar-refractivity contribution in [3.05, 3.63) is 58.1 Å². The number of hydrogen-bond acceptors (Lipinski definition) is 3. The van der Waals surface area contributed by atoms with Gasteiger partial charge in [-0.2, -0.15) is 13.2 Å². The summed E-state index contributed by atoms with van der Waals surface area (Å²) < 4.78 is 39.0. The molecule has 0 unspecified atom stereocenters. The van der Waals surface area contributed by atoms with E-state index in [4.69, 9.17) is 0 Å². The van der Waals surface area contributed by atoms with E-state index in [1.165, 1.54) is 6.07 Å². The van der Waals surface area contributed by atoms with Crippen LogP contribution in [0.2, 0.25) is 0 Å². The molecule has 0 fully saturated rings. The molecule has 0 spiro atoms. The number of anilines is 1. The van der Waals surface area contributed by atoms with E-state index in [0.29, 0.717) is 5.69 Å². The van der Waals surface area contributed by atoms with Gasteiger partial charge in [-0.15, -0.1) is 0 Å². The van der Waals surface area contributed by atoms with Crippen molar-refractivity contribution in [2.75, 3.05) is 5.43 Å². The summed E-state index contributed by atoms with van der Waals surface area (Å²) in [6.45, 7) is -0.186. The van der Waals surface area contributed by atoms with E-state index in [2.05, 4.69) is 26.8 Å². The summed E-state index contributed by atoms with van der Waals surface area (Å²) in [4.78, 5) is 0. The molecule has 0 aliphatic rings. The van der Waals surface area contributed by atoms with Crippen LogP contribution in [0.4, 0.5) is 18.9 Å². The predicted molar refractivity (Wildman–Crippen MR) is 77.7 cm³/mol. The lowest BCUT2D eigenvalue weighted by molar-refractivity contribution is -0.138. The third kappa shape index (κ3) is 3.89. The number of rotatable bonds is 4. The standard InChI is InChI=1S/C14H12BrF3N2O/c15-12-7-6-11(14(16,17)18)10(13(12)21)8-19-20-9-4-2-1-3-5-9/h1-7,19-21H,8H2. The number of hydrazine groups is 1. The Kier molecular flexibility index (Phi) is 4.74. The molecular weight excluding hydrogens is 349 g/mol. The van der Waals surface area contributed by atoms with Gasteiger partial charge in [0.25, 0.3) is 0 Å². The quantitative estimate of drug-likeness (QED) is 0.712. The molecule has 0 saturated heterocycles. The lowest BCUT2D eigenvalue weighted by Gasteiger charge is -2.16. The van der Waals surface area contributed by atoms with Gasteiger partial charge in [-0.05, 0) is 40.2 Å². The molecule has 7 heteroatoms. The zero-order valence-electron chi connectivity index (χ0n) is 10.7. The van der Waals surface area contributed by atoms with Crippen LogP contribution in [0, 0.1) is 0 Å². The molecule has 0 radical (unpaired) electrons. The summed E-state index contributed by atoms with van der Waals surface area (Å²) in [6, 6.07) is 11.0. The lowest BCUT2D eigenvalue weighted by Crippen LogP contribution is -2.23. The van der Waals surface area contributed by atoms with Crippen LogP contribution in [0.3, 0.4) is 0 Å². The molecule has 0 aliphatic carbocycles. The monoisotopic (exact) mass is 360 g/mol. The fourth-order valence-corrected chi connectivity index (χ4v) is 2.18. The van der Waals surface area contributed by atoms with Gasteiger partial charge in [-0.1, -0.05) is 18.2 Å². The number of alkyl halides is 3. The first kappa shape index (κ1) is 15.7. The van der Waals surface area contributed by atoms with Gasteiger partial charge in [-0.3, -0.25) is 0 Å². The van der Waals surface area contributed by atoms with Crippen molar-refractivity contribution < 1.29 is 18.3 Å². The Labute approximate surface area is 127 Å². The number of halogens is 4. The van der Waals surface area contributed by atoms with E-state index in [1.807, 2.05) is 6.07 Å². The minimum atomic E-state index is -4.53. The minimum Gasteiger partial charge on any atom is -0.506 e. The fraction of sp³-hybridized carbons (Fsp3) is 0.143. The molecular formula is C14H12BrF3N2O. The van der Waals surface area contributed by atoms with Gasteiger partial charge in [0.05, 0.1) is 10.0 Å². The minimum absolute atomic E-state index is 0.186. The largest absolute Gasteiger partial charge is 0.506 e. The average molecular weight is 361 g/mol. The molecule has 0 saturated carbocycles. The number of nitrogens with one attached hydrogen (secondary N) is 2. The summed E-state index contributed by atoms with van der Waals surface area (Å²) in [7, 11) is 0. The van der Waals surface area contributed by atoms with Crippen LogP contribution in [0.5, 0.6) is 5.75 Å². The third-order valence-electron chi connectivity index (χ3n) is 2.81. The Morgan fingerprint density at radius 3 is 2.33 bits per heavy atom. The zero-order valence-corrected chi connectivity index (χ0v) is 12.3. The van der Waals surface area contributed by atoms with Gasteiger partial charge in [0.15, 0.2) is 0 Å². The summed E-state index contributed by atoms with van der Waals surface area (Å²) in [5, 5.41) is 9.82. The van der Waals surface area contributed by atoms with Crippen LogP contribution in [-0.2, 0) is 12.7 Å². The summed E-state index contributed by atoms with van der Waals surface area (Å²) >= 11 is 3.02. The third-order valence-corrected chi connectivity index (χ3v) is 3.45. The zero-order chi connectivity index (χ0) is 15.5. The number of phenols is 1. The Hall–Kier alpha value is -1.73. The molecule has 2 aromatic rings. The number of hydrogen-bond donors (Lipinski definition) is 3. The molecule has 2 rings (SSSR count). The van der Waals surface area contributed by atoms with Crippen LogP contribution >= 0.6 is 15.9 Å². The maximum absolute atomic E-state index is 12.9. The van der Waals surface area contributed by atoms with Gasteiger partial charge in [0.1, 0.15) is 5.75 Å². The van der Waals surface area contributed by atoms with Crippen molar-refractivity contribution in [2.45, 2.75) is 12.7 Å². The normalized spacial score (nSPS) is 11.4. The molecule has 3 N–H and O–H groups in total. The maximum atomic E-state index is 12.9. The van der Waals surface area contributed by atoms with Gasteiger partial charge in [-0.25, -0.2) is 5.43 Å². The van der Waals surface area contributed by atoms with E-state index < -0.39 is 17.5 Å². The fourth-order valence-electron chi connectivity index (χ4n) is 1.81. The van der Waals surface area contributed by atoms with E-state index in [-0.39, 0.29) is 16.6 Å². The Balaban J connectivity index is 2.17. The molecule has 21 heavy (non-hydrogen) atoms. The molecule has 0 bridgehead atoms. The first-order valence-electron chi connectivity index (χ1n) is 6.01. The molecule has 0 aromatic heterocycles. The first-order valence-corrected chi connectivity index (χ1v) is 6.80. The smallest absolute Gasteiger partial charge is 0.416 e. The Morgan fingerprint density at radius 1 is 1.05 bits per heavy atom.